The number of benzene rings is 2. The molecule has 0 aliphatic heterocycles. The van der Waals surface area contributed by atoms with E-state index in [9.17, 15) is 9.59 Å². The lowest BCUT2D eigenvalue weighted by Gasteiger charge is -2.15. The normalized spacial score (nSPS) is 11.6. The second kappa shape index (κ2) is 13.5. The van der Waals surface area contributed by atoms with Crippen LogP contribution in [0.1, 0.15) is 39.1 Å². The summed E-state index contributed by atoms with van der Waals surface area (Å²) in [5.74, 6) is 1.80. The Labute approximate surface area is 216 Å². The molecule has 9 nitrogen and oxygen atoms in total. The third-order valence-electron chi connectivity index (χ3n) is 5.33. The summed E-state index contributed by atoms with van der Waals surface area (Å²) < 4.78 is 13.0. The molecular formula is C26H33N5O4S. The number of hydrogen-bond acceptors (Lipinski definition) is 7. The van der Waals surface area contributed by atoms with Gasteiger partial charge in [0, 0.05) is 12.2 Å². The minimum Gasteiger partial charge on any atom is -0.494 e. The molecule has 2 aromatic carbocycles. The maximum absolute atomic E-state index is 12.5. The molecular weight excluding hydrogens is 478 g/mol. The van der Waals surface area contributed by atoms with Gasteiger partial charge in [-0.15, -0.1) is 10.2 Å². The van der Waals surface area contributed by atoms with E-state index in [2.05, 4.69) is 27.8 Å². The van der Waals surface area contributed by atoms with E-state index in [1.807, 2.05) is 54.8 Å². The van der Waals surface area contributed by atoms with Gasteiger partial charge in [0.1, 0.15) is 11.5 Å². The first-order chi connectivity index (χ1) is 17.4. The van der Waals surface area contributed by atoms with Crippen molar-refractivity contribution in [3.63, 3.8) is 0 Å². The van der Waals surface area contributed by atoms with Crippen LogP contribution in [0.2, 0.25) is 0 Å². The first-order valence-electron chi connectivity index (χ1n) is 12.0. The van der Waals surface area contributed by atoms with Gasteiger partial charge in [-0.05, 0) is 69.2 Å². The molecule has 10 heteroatoms. The van der Waals surface area contributed by atoms with Crippen molar-refractivity contribution in [2.75, 3.05) is 17.7 Å². The average molecular weight is 512 g/mol. The molecule has 0 unspecified atom stereocenters. The Morgan fingerprint density at radius 1 is 1.00 bits per heavy atom. The molecule has 0 spiro atoms. The zero-order chi connectivity index (χ0) is 25.9. The van der Waals surface area contributed by atoms with Crippen molar-refractivity contribution in [3.05, 3.63) is 59.9 Å². The van der Waals surface area contributed by atoms with Crippen LogP contribution >= 0.6 is 11.8 Å². The van der Waals surface area contributed by atoms with Crippen LogP contribution in [-0.4, -0.2) is 45.0 Å². The van der Waals surface area contributed by atoms with Crippen LogP contribution in [0.15, 0.2) is 53.7 Å². The topological polar surface area (TPSA) is 107 Å². The van der Waals surface area contributed by atoms with Gasteiger partial charge in [-0.25, -0.2) is 0 Å². The molecule has 3 aromatic rings. The number of carbonyl (C=O) groups is 2. The Bertz CT molecular complexity index is 1130. The molecule has 1 aromatic heterocycles. The fourth-order valence-electron chi connectivity index (χ4n) is 3.37. The van der Waals surface area contributed by atoms with E-state index in [-0.39, 0.29) is 24.1 Å². The predicted octanol–water partition coefficient (Wildman–Crippen LogP) is 4.07. The summed E-state index contributed by atoms with van der Waals surface area (Å²) in [6, 6.07) is 14.9. The van der Waals surface area contributed by atoms with E-state index < -0.39 is 6.10 Å². The number of rotatable bonds is 13. The van der Waals surface area contributed by atoms with E-state index in [0.29, 0.717) is 35.6 Å². The molecule has 2 amide bonds. The summed E-state index contributed by atoms with van der Waals surface area (Å²) in [4.78, 5) is 24.9. The van der Waals surface area contributed by atoms with Gasteiger partial charge in [-0.2, -0.15) is 0 Å². The smallest absolute Gasteiger partial charge is 0.261 e. The van der Waals surface area contributed by atoms with Crippen LogP contribution in [0.25, 0.3) is 0 Å². The Morgan fingerprint density at radius 3 is 2.33 bits per heavy atom. The maximum atomic E-state index is 12.5. The van der Waals surface area contributed by atoms with Crippen LogP contribution < -0.4 is 20.1 Å². The van der Waals surface area contributed by atoms with Gasteiger partial charge < -0.3 is 24.7 Å². The second-order valence-electron chi connectivity index (χ2n) is 7.91. The number of thioether (sulfide) groups is 1. The molecule has 0 saturated carbocycles. The molecule has 192 valence electrons. The summed E-state index contributed by atoms with van der Waals surface area (Å²) in [5.41, 5.74) is 1.91. The quantitative estimate of drug-likeness (QED) is 0.333. The molecule has 3 rings (SSSR count). The highest BCUT2D eigenvalue weighted by atomic mass is 32.2. The number of anilines is 1. The van der Waals surface area contributed by atoms with Gasteiger partial charge in [0.05, 0.1) is 18.9 Å². The fourth-order valence-corrected chi connectivity index (χ4v) is 4.20. The molecule has 0 bridgehead atoms. The Hall–Kier alpha value is -3.53. The van der Waals surface area contributed by atoms with Gasteiger partial charge in [0.2, 0.25) is 5.91 Å². The summed E-state index contributed by atoms with van der Waals surface area (Å²) in [6.07, 6.45) is 0.290. The molecule has 0 fully saturated rings. The number of hydrogen-bond donors (Lipinski definition) is 2. The standard InChI is InChI=1S/C26H33N5O4S/c1-5-19-8-12-22(13-9-19)35-18(4)25(33)27-16-23-29-30-26(31(23)6-2)36-17-24(32)28-20-10-14-21(15-11-20)34-7-3/h8-15,18H,5-7,16-17H2,1-4H3,(H,27,33)(H,28,32)/t18-/m1/s1. The number of carbonyl (C=O) groups excluding carboxylic acids is 2. The lowest BCUT2D eigenvalue weighted by molar-refractivity contribution is -0.127. The third kappa shape index (κ3) is 7.74. The highest BCUT2D eigenvalue weighted by Crippen LogP contribution is 2.19. The van der Waals surface area contributed by atoms with E-state index in [1.165, 1.54) is 17.3 Å². The van der Waals surface area contributed by atoms with Crippen molar-refractivity contribution < 1.29 is 19.1 Å². The monoisotopic (exact) mass is 511 g/mol. The Morgan fingerprint density at radius 2 is 1.69 bits per heavy atom. The van der Waals surface area contributed by atoms with Gasteiger partial charge in [-0.1, -0.05) is 30.8 Å². The molecule has 1 atom stereocenters. The fraction of sp³-hybridized carbons (Fsp3) is 0.385. The second-order valence-corrected chi connectivity index (χ2v) is 8.86. The highest BCUT2D eigenvalue weighted by Gasteiger charge is 2.18. The van der Waals surface area contributed by atoms with Crippen LogP contribution in [0.3, 0.4) is 0 Å². The number of aryl methyl sites for hydroxylation is 1. The number of aromatic nitrogens is 3. The number of nitrogens with zero attached hydrogens (tertiary/aromatic N) is 3. The molecule has 0 aliphatic rings. The molecule has 1 heterocycles. The largest absolute Gasteiger partial charge is 0.494 e. The van der Waals surface area contributed by atoms with E-state index in [4.69, 9.17) is 9.47 Å². The van der Waals surface area contributed by atoms with Crippen LogP contribution in [0, 0.1) is 0 Å². The van der Waals surface area contributed by atoms with E-state index in [1.54, 1.807) is 19.1 Å². The first-order valence-corrected chi connectivity index (χ1v) is 13.0. The van der Waals surface area contributed by atoms with Crippen molar-refractivity contribution in [2.24, 2.45) is 0 Å². The molecule has 0 radical (unpaired) electrons. The lowest BCUT2D eigenvalue weighted by Crippen LogP contribution is -2.36. The summed E-state index contributed by atoms with van der Waals surface area (Å²) in [5, 5.41) is 14.7. The van der Waals surface area contributed by atoms with Crippen LogP contribution in [0.4, 0.5) is 5.69 Å². The molecule has 2 N–H and O–H groups in total. The zero-order valence-corrected chi connectivity index (χ0v) is 21.9. The summed E-state index contributed by atoms with van der Waals surface area (Å²) in [6.45, 7) is 9.08. The molecule has 0 saturated heterocycles. The van der Waals surface area contributed by atoms with Crippen molar-refractivity contribution in [2.45, 2.75) is 58.5 Å². The number of amides is 2. The van der Waals surface area contributed by atoms with Gasteiger partial charge >= 0.3 is 0 Å². The van der Waals surface area contributed by atoms with Crippen LogP contribution in [0.5, 0.6) is 11.5 Å². The Balaban J connectivity index is 1.48. The van der Waals surface area contributed by atoms with Crippen molar-refractivity contribution in [3.8, 4) is 11.5 Å². The predicted molar refractivity (Wildman–Crippen MR) is 140 cm³/mol. The molecule has 36 heavy (non-hydrogen) atoms. The number of nitrogens with one attached hydrogen (secondary N) is 2. The van der Waals surface area contributed by atoms with Crippen LogP contribution in [-0.2, 0) is 29.1 Å². The van der Waals surface area contributed by atoms with Gasteiger partial charge in [0.25, 0.3) is 5.91 Å². The lowest BCUT2D eigenvalue weighted by atomic mass is 10.2. The highest BCUT2D eigenvalue weighted by molar-refractivity contribution is 7.99. The van der Waals surface area contributed by atoms with Gasteiger partial charge in [0.15, 0.2) is 17.1 Å². The minimum absolute atomic E-state index is 0.150. The van der Waals surface area contributed by atoms with Crippen molar-refractivity contribution in [1.29, 1.82) is 0 Å². The summed E-state index contributed by atoms with van der Waals surface area (Å²) >= 11 is 1.29. The van der Waals surface area contributed by atoms with E-state index in [0.717, 1.165) is 12.2 Å². The number of ether oxygens (including phenoxy) is 2. The summed E-state index contributed by atoms with van der Waals surface area (Å²) in [7, 11) is 0. The maximum Gasteiger partial charge on any atom is 0.261 e. The zero-order valence-electron chi connectivity index (χ0n) is 21.1. The SMILES string of the molecule is CCOc1ccc(NC(=O)CSc2nnc(CNC(=O)[C@@H](C)Oc3ccc(CC)cc3)n2CC)cc1. The Kier molecular flexibility index (Phi) is 10.2. The average Bonchev–Trinajstić information content (AvgIpc) is 3.29. The first kappa shape index (κ1) is 27.1. The van der Waals surface area contributed by atoms with Crippen molar-refractivity contribution in [1.82, 2.24) is 20.1 Å². The third-order valence-corrected chi connectivity index (χ3v) is 6.29. The van der Waals surface area contributed by atoms with Crippen molar-refractivity contribution >= 4 is 29.3 Å². The van der Waals surface area contributed by atoms with E-state index >= 15 is 0 Å². The minimum atomic E-state index is -0.657. The van der Waals surface area contributed by atoms with Gasteiger partial charge in [-0.3, -0.25) is 9.59 Å². The molecule has 0 aliphatic carbocycles.